The van der Waals surface area contributed by atoms with E-state index in [2.05, 4.69) is 252 Å². The maximum absolute atomic E-state index is 5.76. The molecule has 0 heterocycles. The summed E-state index contributed by atoms with van der Waals surface area (Å²) in [6.07, 6.45) is 54.3. The van der Waals surface area contributed by atoms with Crippen molar-refractivity contribution in [2.75, 3.05) is 14.2 Å². The molecule has 0 unspecified atom stereocenters. The molecule has 7 heteroatoms. The number of aryl methyl sites for hydroxylation is 2. The first-order chi connectivity index (χ1) is 49.6. The molecule has 0 fully saturated rings. The van der Waals surface area contributed by atoms with Crippen LogP contribution in [0.15, 0.2) is 140 Å². The summed E-state index contributed by atoms with van der Waals surface area (Å²) >= 11 is 0. The molecule has 0 aromatic heterocycles. The van der Waals surface area contributed by atoms with E-state index in [1.54, 1.807) is 20.3 Å². The zero-order valence-electron chi connectivity index (χ0n) is 55.5. The highest BCUT2D eigenvalue weighted by atomic mass is 16.5. The fourth-order valence-corrected chi connectivity index (χ4v) is 8.68. The number of ether oxygens (including phenoxy) is 7. The average molecular weight is 1290 g/mol. The van der Waals surface area contributed by atoms with E-state index < -0.39 is 0 Å². The van der Waals surface area contributed by atoms with Crippen molar-refractivity contribution in [3.8, 4) is 302 Å². The Morgan fingerprint density at radius 3 is 1.32 bits per heavy atom. The van der Waals surface area contributed by atoms with Crippen LogP contribution in [0.3, 0.4) is 0 Å². The number of terminal acetylenes is 5. The highest BCUT2D eigenvalue weighted by Gasteiger charge is 2.14. The van der Waals surface area contributed by atoms with Gasteiger partial charge in [-0.05, 0) is 239 Å². The third-order valence-corrected chi connectivity index (χ3v) is 12.9. The van der Waals surface area contributed by atoms with Crippen LogP contribution in [0.2, 0.25) is 0 Å². The predicted octanol–water partition coefficient (Wildman–Crippen LogP) is 15.3. The molecule has 0 N–H and O–H groups in total. The lowest BCUT2D eigenvalue weighted by Crippen LogP contribution is -1.93. The molecule has 0 radical (unpaired) electrons. The molecular weight excluding hydrogens is 1240 g/mol. The van der Waals surface area contributed by atoms with E-state index in [1.165, 1.54) is 0 Å². The Bertz CT molecular complexity index is 5670. The SMILES string of the molecule is C#CC#CC#CC#CC#COc1ccc(-c2cc(C)ccc2/C=C/c2cc(OC#CC#CC#CC#CC#C)c(/C=C/C)cc2OC)cc1.C#CC#CC#CC#CC#COc1cccc(-c2cc(C)c(OC)cc2/C=C/c2ccc(/C=C/C)c(-c3ccc(OC#CC#C)c(OC#CC#C)c3)c2)c1. The maximum atomic E-state index is 5.76. The molecular formula is C94H52O7. The van der Waals surface area contributed by atoms with Gasteiger partial charge < -0.3 is 33.2 Å². The van der Waals surface area contributed by atoms with Gasteiger partial charge in [-0.3, -0.25) is 0 Å². The summed E-state index contributed by atoms with van der Waals surface area (Å²) in [6, 6.07) is 41.1. The second kappa shape index (κ2) is 42.8. The highest BCUT2D eigenvalue weighted by Crippen LogP contribution is 2.38. The Balaban J connectivity index is 0.000000320. The molecule has 470 valence electrons. The Hall–Kier alpha value is -16.3. The molecule has 0 spiro atoms. The van der Waals surface area contributed by atoms with E-state index in [4.69, 9.17) is 65.3 Å². The van der Waals surface area contributed by atoms with Crippen molar-refractivity contribution in [2.24, 2.45) is 0 Å². The van der Waals surface area contributed by atoms with E-state index in [9.17, 15) is 0 Å². The quantitative estimate of drug-likeness (QED) is 0.0705. The van der Waals surface area contributed by atoms with Crippen molar-refractivity contribution in [1.82, 2.24) is 0 Å². The molecule has 0 aliphatic carbocycles. The Morgan fingerprint density at radius 2 is 0.723 bits per heavy atom. The van der Waals surface area contributed by atoms with Gasteiger partial charge in [-0.2, -0.15) is 0 Å². The average Bonchev–Trinajstić information content (AvgIpc) is 0.816. The molecule has 7 aromatic rings. The van der Waals surface area contributed by atoms with Gasteiger partial charge in [0.1, 0.15) is 59.3 Å². The lowest BCUT2D eigenvalue weighted by Gasteiger charge is -2.13. The van der Waals surface area contributed by atoms with E-state index in [1.807, 2.05) is 142 Å². The van der Waals surface area contributed by atoms with Gasteiger partial charge in [0.05, 0.1) is 14.2 Å². The van der Waals surface area contributed by atoms with Crippen LogP contribution in [0.5, 0.6) is 40.2 Å². The summed E-state index contributed by atoms with van der Waals surface area (Å²) in [5.74, 6) is 72.7. The summed E-state index contributed by atoms with van der Waals surface area (Å²) in [6.45, 7) is 7.94. The molecule has 0 amide bonds. The normalized spacial score (nSPS) is 8.76. The van der Waals surface area contributed by atoms with Crippen LogP contribution in [-0.2, 0) is 0 Å². The smallest absolute Gasteiger partial charge is 0.184 e. The van der Waals surface area contributed by atoms with Gasteiger partial charge in [0.25, 0.3) is 0 Å². The first-order valence-corrected chi connectivity index (χ1v) is 29.8. The van der Waals surface area contributed by atoms with Gasteiger partial charge in [0.2, 0.25) is 0 Å². The van der Waals surface area contributed by atoms with Crippen molar-refractivity contribution < 1.29 is 33.2 Å². The number of rotatable bonds is 16. The van der Waals surface area contributed by atoms with Gasteiger partial charge in [-0.25, -0.2) is 0 Å². The zero-order chi connectivity index (χ0) is 71.9. The molecule has 0 saturated carbocycles. The summed E-state index contributed by atoms with van der Waals surface area (Å²) < 4.78 is 39.4. The molecule has 0 atom stereocenters. The van der Waals surface area contributed by atoms with Gasteiger partial charge >= 0.3 is 0 Å². The maximum Gasteiger partial charge on any atom is 0.184 e. The topological polar surface area (TPSA) is 64.6 Å². The molecule has 0 aliphatic heterocycles. The van der Waals surface area contributed by atoms with Crippen molar-refractivity contribution in [2.45, 2.75) is 27.7 Å². The van der Waals surface area contributed by atoms with Crippen molar-refractivity contribution >= 4 is 36.5 Å². The molecule has 7 nitrogen and oxygen atoms in total. The first kappa shape index (κ1) is 73.8. The monoisotopic (exact) mass is 1290 g/mol. The Kier molecular flexibility index (Phi) is 31.3. The van der Waals surface area contributed by atoms with Gasteiger partial charge in [-0.15, -0.1) is 32.1 Å². The van der Waals surface area contributed by atoms with E-state index in [0.717, 1.165) is 83.6 Å². The van der Waals surface area contributed by atoms with Crippen LogP contribution in [0.4, 0.5) is 0 Å². The Labute approximate surface area is 594 Å². The number of allylic oxidation sites excluding steroid dienone is 2. The molecule has 0 saturated heterocycles. The standard InChI is InChI=1S/C49H28O4.C45H24O3/c1-7-11-14-15-16-17-18-19-32-51-44-23-20-22-41(35-44)45-33-38(5)48(50-6)36-42(45)27-25-39-24-26-40(21-10-4)46(34-39)43-28-29-47(52-30-12-8-2)49(37-43)53-31-13-9-3;1-6-9-11-13-15-17-19-21-32-47-42-30-28-39(29-31-42)43-34-37(4)24-25-38(43)26-27-41-36-45(40(23-8-3)35-44(41)46-5)48-33-22-20-18-16-14-12-10-7-2/h1-3,10,20-29,33-37H,4-6H3;1-2,8,23-31,34-36H,3-5H3/b21-10+,27-25+;23-8+,27-26+. The third-order valence-electron chi connectivity index (χ3n) is 12.9. The summed E-state index contributed by atoms with van der Waals surface area (Å²) in [7, 11) is 3.28. The second-order valence-electron chi connectivity index (χ2n) is 19.5. The highest BCUT2D eigenvalue weighted by molar-refractivity contribution is 5.86. The molecule has 0 aliphatic rings. The molecule has 0 bridgehead atoms. The van der Waals surface area contributed by atoms with E-state index in [0.29, 0.717) is 34.5 Å². The van der Waals surface area contributed by atoms with E-state index in [-0.39, 0.29) is 0 Å². The zero-order valence-corrected chi connectivity index (χ0v) is 55.5. The largest absolute Gasteiger partial charge is 0.496 e. The minimum absolute atomic E-state index is 0.335. The van der Waals surface area contributed by atoms with Crippen LogP contribution in [-0.4, -0.2) is 14.2 Å². The minimum atomic E-state index is 0.335. The molecule has 7 rings (SSSR count). The number of benzene rings is 7. The lowest BCUT2D eigenvalue weighted by atomic mass is 9.94. The van der Waals surface area contributed by atoms with Crippen LogP contribution in [0.1, 0.15) is 58.4 Å². The second-order valence-corrected chi connectivity index (χ2v) is 19.5. The third kappa shape index (κ3) is 25.0. The van der Waals surface area contributed by atoms with Crippen LogP contribution in [0, 0.1) is 242 Å². The summed E-state index contributed by atoms with van der Waals surface area (Å²) in [5.41, 5.74) is 13.3. The van der Waals surface area contributed by atoms with Gasteiger partial charge in [0, 0.05) is 94.0 Å². The lowest BCUT2D eigenvalue weighted by molar-refractivity contribution is 0.411. The summed E-state index contributed by atoms with van der Waals surface area (Å²) in [5, 5.41) is 0. The van der Waals surface area contributed by atoms with Crippen LogP contribution >= 0.6 is 0 Å². The van der Waals surface area contributed by atoms with Crippen LogP contribution in [0.25, 0.3) is 69.8 Å². The number of hydrogen-bond donors (Lipinski definition) is 0. The van der Waals surface area contributed by atoms with Gasteiger partial charge in [-0.1, -0.05) is 115 Å². The number of hydrogen-bond acceptors (Lipinski definition) is 7. The summed E-state index contributed by atoms with van der Waals surface area (Å²) in [4.78, 5) is 0. The Morgan fingerprint density at radius 1 is 0.287 bits per heavy atom. The van der Waals surface area contributed by atoms with E-state index >= 15 is 0 Å². The van der Waals surface area contributed by atoms with Gasteiger partial charge in [0.15, 0.2) is 11.5 Å². The molecule has 7 aromatic carbocycles. The predicted molar refractivity (Wildman–Crippen MR) is 408 cm³/mol. The van der Waals surface area contributed by atoms with Crippen molar-refractivity contribution in [3.63, 3.8) is 0 Å². The minimum Gasteiger partial charge on any atom is -0.496 e. The van der Waals surface area contributed by atoms with Crippen molar-refractivity contribution in [1.29, 1.82) is 0 Å². The van der Waals surface area contributed by atoms with Crippen LogP contribution < -0.4 is 33.2 Å². The molecule has 101 heavy (non-hydrogen) atoms. The fraction of sp³-hybridized carbons (Fsp3) is 0.0638. The fourth-order valence-electron chi connectivity index (χ4n) is 8.68. The first-order valence-electron chi connectivity index (χ1n) is 29.8. The van der Waals surface area contributed by atoms with Crippen molar-refractivity contribution in [3.05, 3.63) is 184 Å². The number of methoxy groups -OCH3 is 2.